The Kier molecular flexibility index (Phi) is 3.20. The first-order chi connectivity index (χ1) is 10.5. The minimum absolute atomic E-state index is 0.0459. The smallest absolute Gasteiger partial charge is 0.408 e. The molecular formula is C16H20BNO4. The lowest BCUT2D eigenvalue weighted by Crippen LogP contribution is -2.47. The van der Waals surface area contributed by atoms with E-state index < -0.39 is 0 Å². The third-order valence-electron chi connectivity index (χ3n) is 4.35. The third kappa shape index (κ3) is 2.61. The summed E-state index contributed by atoms with van der Waals surface area (Å²) < 4.78 is 18.7. The van der Waals surface area contributed by atoms with Gasteiger partial charge in [0.15, 0.2) is 5.58 Å². The minimum atomic E-state index is -0.364. The first kappa shape index (κ1) is 14.1. The molecule has 0 atom stereocenters. The van der Waals surface area contributed by atoms with Crippen LogP contribution >= 0.6 is 0 Å². The van der Waals surface area contributed by atoms with E-state index in [0.717, 1.165) is 17.5 Å². The predicted octanol–water partition coefficient (Wildman–Crippen LogP) is 1.77. The van der Waals surface area contributed by atoms with Gasteiger partial charge in [-0.2, -0.15) is 0 Å². The molecule has 2 fully saturated rings. The zero-order chi connectivity index (χ0) is 15.3. The molecule has 0 unspecified atom stereocenters. The first-order valence-corrected chi connectivity index (χ1v) is 7.88. The van der Waals surface area contributed by atoms with Crippen molar-refractivity contribution in [3.63, 3.8) is 0 Å². The molecule has 1 aliphatic carbocycles. The van der Waals surface area contributed by atoms with Crippen molar-refractivity contribution in [2.75, 3.05) is 13.2 Å². The monoisotopic (exact) mass is 301 g/mol. The Labute approximate surface area is 129 Å². The van der Waals surface area contributed by atoms with E-state index in [-0.39, 0.29) is 18.3 Å². The third-order valence-corrected chi connectivity index (χ3v) is 4.35. The average molecular weight is 301 g/mol. The van der Waals surface area contributed by atoms with Crippen LogP contribution in [0.1, 0.15) is 26.7 Å². The fraction of sp³-hybridized carbons (Fsp3) is 0.562. The molecule has 5 nitrogen and oxygen atoms in total. The highest BCUT2D eigenvalue weighted by atomic mass is 16.6. The number of fused-ring (bicyclic) bond motifs is 1. The number of nitrogens with zero attached hydrogens (tertiary/aromatic N) is 1. The van der Waals surface area contributed by atoms with E-state index in [9.17, 15) is 4.79 Å². The van der Waals surface area contributed by atoms with Crippen LogP contribution in [-0.2, 0) is 15.9 Å². The average Bonchev–Trinajstić information content (AvgIpc) is 3.24. The predicted molar refractivity (Wildman–Crippen MR) is 84.3 cm³/mol. The van der Waals surface area contributed by atoms with Crippen LogP contribution in [0.5, 0.6) is 0 Å². The highest BCUT2D eigenvalue weighted by Crippen LogP contribution is 2.31. The van der Waals surface area contributed by atoms with Gasteiger partial charge in [-0.05, 0) is 36.4 Å². The van der Waals surface area contributed by atoms with Crippen molar-refractivity contribution >= 4 is 23.7 Å². The Morgan fingerprint density at radius 1 is 1.27 bits per heavy atom. The second kappa shape index (κ2) is 5.00. The largest absolute Gasteiger partial charge is 0.493 e. The molecular weight excluding hydrogens is 281 g/mol. The van der Waals surface area contributed by atoms with Crippen LogP contribution in [0, 0.1) is 11.3 Å². The normalized spacial score (nSPS) is 21.5. The first-order valence-electron chi connectivity index (χ1n) is 7.88. The van der Waals surface area contributed by atoms with E-state index in [1.54, 1.807) is 4.57 Å². The number of benzene rings is 1. The summed E-state index contributed by atoms with van der Waals surface area (Å²) in [6.07, 6.45) is 2.39. The molecule has 0 amide bonds. The molecule has 2 heterocycles. The van der Waals surface area contributed by atoms with Gasteiger partial charge in [0, 0.05) is 25.2 Å². The molecule has 0 spiro atoms. The van der Waals surface area contributed by atoms with Crippen molar-refractivity contribution in [3.05, 3.63) is 28.7 Å². The summed E-state index contributed by atoms with van der Waals surface area (Å²) in [4.78, 5) is 12.0. The summed E-state index contributed by atoms with van der Waals surface area (Å²) in [5.74, 6) is 0.343. The number of hydrogen-bond donors (Lipinski definition) is 0. The molecule has 1 aliphatic heterocycles. The molecule has 0 radical (unpaired) electrons. The molecule has 22 heavy (non-hydrogen) atoms. The Morgan fingerprint density at radius 2 is 2.00 bits per heavy atom. The Balaban J connectivity index is 1.66. The van der Waals surface area contributed by atoms with E-state index in [4.69, 9.17) is 13.7 Å². The van der Waals surface area contributed by atoms with Crippen molar-refractivity contribution in [2.45, 2.75) is 33.2 Å². The Morgan fingerprint density at radius 3 is 2.68 bits per heavy atom. The number of rotatable bonds is 3. The van der Waals surface area contributed by atoms with Crippen LogP contribution in [-0.4, -0.2) is 24.9 Å². The molecule has 6 heteroatoms. The molecule has 2 aliphatic rings. The zero-order valence-electron chi connectivity index (χ0n) is 13.0. The van der Waals surface area contributed by atoms with Gasteiger partial charge in [-0.25, -0.2) is 4.79 Å². The Bertz CT molecular complexity index is 749. The summed E-state index contributed by atoms with van der Waals surface area (Å²) in [7, 11) is -0.364. The van der Waals surface area contributed by atoms with Gasteiger partial charge in [0.1, 0.15) is 0 Å². The van der Waals surface area contributed by atoms with Crippen LogP contribution in [0.2, 0.25) is 0 Å². The second-order valence-corrected chi connectivity index (χ2v) is 7.27. The van der Waals surface area contributed by atoms with Gasteiger partial charge >= 0.3 is 12.9 Å². The molecule has 116 valence electrons. The molecule has 4 rings (SSSR count). The lowest BCUT2D eigenvalue weighted by atomic mass is 9.76. The van der Waals surface area contributed by atoms with Gasteiger partial charge in [0.2, 0.25) is 0 Å². The van der Waals surface area contributed by atoms with E-state index in [1.165, 1.54) is 12.8 Å². The summed E-state index contributed by atoms with van der Waals surface area (Å²) in [6.45, 7) is 6.31. The van der Waals surface area contributed by atoms with Gasteiger partial charge in [0.25, 0.3) is 0 Å². The summed E-state index contributed by atoms with van der Waals surface area (Å²) in [5, 5.41) is 0. The number of hydrogen-bond acceptors (Lipinski definition) is 4. The van der Waals surface area contributed by atoms with E-state index in [0.29, 0.717) is 24.7 Å². The highest BCUT2D eigenvalue weighted by molar-refractivity contribution is 6.61. The molecule has 1 saturated carbocycles. The highest BCUT2D eigenvalue weighted by Gasteiger charge is 2.34. The fourth-order valence-electron chi connectivity index (χ4n) is 2.84. The van der Waals surface area contributed by atoms with E-state index in [1.807, 2.05) is 18.2 Å². The zero-order valence-corrected chi connectivity index (χ0v) is 13.0. The maximum atomic E-state index is 12.0. The Hall–Kier alpha value is -1.53. The molecule has 0 bridgehead atoms. The minimum Gasteiger partial charge on any atom is -0.408 e. The number of aromatic nitrogens is 1. The van der Waals surface area contributed by atoms with Crippen molar-refractivity contribution < 1.29 is 13.7 Å². The van der Waals surface area contributed by atoms with Crippen molar-refractivity contribution in [1.29, 1.82) is 0 Å². The SMILES string of the molecule is CC1(C)COB(c2ccc3oc(=O)n(CC4CC4)c3c2)OC1. The molecule has 2 aromatic rings. The van der Waals surface area contributed by atoms with E-state index in [2.05, 4.69) is 13.8 Å². The molecule has 0 N–H and O–H groups in total. The molecule has 1 aromatic heterocycles. The maximum Gasteiger partial charge on any atom is 0.493 e. The van der Waals surface area contributed by atoms with Crippen LogP contribution in [0.15, 0.2) is 27.4 Å². The lowest BCUT2D eigenvalue weighted by Gasteiger charge is -2.33. The van der Waals surface area contributed by atoms with Gasteiger partial charge in [-0.1, -0.05) is 19.9 Å². The summed E-state index contributed by atoms with van der Waals surface area (Å²) in [6, 6.07) is 5.71. The van der Waals surface area contributed by atoms with Gasteiger partial charge < -0.3 is 13.7 Å². The van der Waals surface area contributed by atoms with Crippen molar-refractivity contribution in [1.82, 2.24) is 4.57 Å². The van der Waals surface area contributed by atoms with Crippen LogP contribution in [0.25, 0.3) is 11.1 Å². The maximum absolute atomic E-state index is 12.0. The lowest BCUT2D eigenvalue weighted by molar-refractivity contribution is 0.0343. The summed E-state index contributed by atoms with van der Waals surface area (Å²) in [5.41, 5.74) is 2.45. The fourth-order valence-corrected chi connectivity index (χ4v) is 2.84. The van der Waals surface area contributed by atoms with Crippen molar-refractivity contribution in [2.24, 2.45) is 11.3 Å². The molecule has 1 aromatic carbocycles. The van der Waals surface area contributed by atoms with Gasteiger partial charge in [-0.3, -0.25) is 4.57 Å². The van der Waals surface area contributed by atoms with Crippen molar-refractivity contribution in [3.8, 4) is 0 Å². The van der Waals surface area contributed by atoms with Gasteiger partial charge in [0.05, 0.1) is 5.52 Å². The topological polar surface area (TPSA) is 53.6 Å². The number of oxazole rings is 1. The van der Waals surface area contributed by atoms with Crippen LogP contribution in [0.3, 0.4) is 0 Å². The van der Waals surface area contributed by atoms with Crippen LogP contribution in [0.4, 0.5) is 0 Å². The second-order valence-electron chi connectivity index (χ2n) is 7.27. The summed E-state index contributed by atoms with van der Waals surface area (Å²) >= 11 is 0. The van der Waals surface area contributed by atoms with Crippen LogP contribution < -0.4 is 11.2 Å². The quantitative estimate of drug-likeness (QED) is 0.811. The van der Waals surface area contributed by atoms with Gasteiger partial charge in [-0.15, -0.1) is 0 Å². The van der Waals surface area contributed by atoms with E-state index >= 15 is 0 Å². The molecule has 1 saturated heterocycles. The standard InChI is InChI=1S/C16H20BNO4/c1-16(2)9-20-17(21-10-16)12-5-6-14-13(7-12)18(15(19)22-14)8-11-3-4-11/h5-7,11H,3-4,8-10H2,1-2H3.